The Labute approximate surface area is 148 Å². The van der Waals surface area contributed by atoms with Gasteiger partial charge in [0.05, 0.1) is 0 Å². The van der Waals surface area contributed by atoms with Gasteiger partial charge in [0.2, 0.25) is 5.95 Å². The van der Waals surface area contributed by atoms with Gasteiger partial charge in [-0.1, -0.05) is 6.92 Å². The minimum absolute atomic E-state index is 0.468. The number of guanidine groups is 1. The third-order valence-corrected chi connectivity index (χ3v) is 4.29. The van der Waals surface area contributed by atoms with E-state index in [1.165, 1.54) is 0 Å². The maximum Gasteiger partial charge on any atom is 0.225 e. The molecule has 25 heavy (non-hydrogen) atoms. The van der Waals surface area contributed by atoms with Crippen molar-refractivity contribution in [2.75, 3.05) is 44.7 Å². The van der Waals surface area contributed by atoms with Crippen LogP contribution in [-0.4, -0.2) is 70.4 Å². The minimum atomic E-state index is 0.468. The van der Waals surface area contributed by atoms with Gasteiger partial charge < -0.3 is 15.1 Å². The highest BCUT2D eigenvalue weighted by Gasteiger charge is 2.21. The van der Waals surface area contributed by atoms with Crippen molar-refractivity contribution in [1.82, 2.24) is 30.0 Å². The van der Waals surface area contributed by atoms with E-state index in [1.807, 2.05) is 36.3 Å². The van der Waals surface area contributed by atoms with Crippen molar-refractivity contribution in [2.24, 2.45) is 10.9 Å². The van der Waals surface area contributed by atoms with E-state index >= 15 is 0 Å². The molecule has 8 heteroatoms. The Kier molecular flexibility index (Phi) is 5.81. The van der Waals surface area contributed by atoms with E-state index in [2.05, 4.69) is 42.1 Å². The van der Waals surface area contributed by atoms with E-state index in [9.17, 15) is 0 Å². The number of piperazine rings is 1. The molecular weight excluding hydrogens is 316 g/mol. The molecule has 1 fully saturated rings. The molecule has 0 bridgehead atoms. The summed E-state index contributed by atoms with van der Waals surface area (Å²) in [6, 6.07) is 3.80. The fraction of sp³-hybridized carbons (Fsp3) is 0.529. The summed E-state index contributed by atoms with van der Waals surface area (Å²) in [4.78, 5) is 17.6. The van der Waals surface area contributed by atoms with E-state index < -0.39 is 0 Å². The summed E-state index contributed by atoms with van der Waals surface area (Å²) in [6.45, 7) is 7.59. The van der Waals surface area contributed by atoms with Crippen LogP contribution in [0.15, 0.2) is 41.9 Å². The first-order chi connectivity index (χ1) is 12.3. The van der Waals surface area contributed by atoms with Crippen LogP contribution in [0.1, 0.15) is 6.92 Å². The van der Waals surface area contributed by atoms with Crippen LogP contribution in [0, 0.1) is 5.92 Å². The maximum atomic E-state index is 4.44. The summed E-state index contributed by atoms with van der Waals surface area (Å²) in [5, 5.41) is 7.75. The monoisotopic (exact) mass is 342 g/mol. The molecule has 0 amide bonds. The van der Waals surface area contributed by atoms with Gasteiger partial charge in [0.25, 0.3) is 0 Å². The number of anilines is 1. The van der Waals surface area contributed by atoms with Crippen LogP contribution in [0.5, 0.6) is 0 Å². The Bertz CT molecular complexity index is 647. The van der Waals surface area contributed by atoms with E-state index in [-0.39, 0.29) is 0 Å². The summed E-state index contributed by atoms with van der Waals surface area (Å²) in [5.41, 5.74) is 0. The van der Waals surface area contributed by atoms with Crippen molar-refractivity contribution in [3.05, 3.63) is 36.9 Å². The molecule has 1 unspecified atom stereocenters. The summed E-state index contributed by atoms with van der Waals surface area (Å²) in [5.74, 6) is 2.23. The first-order valence-corrected chi connectivity index (χ1v) is 8.71. The van der Waals surface area contributed by atoms with Crippen LogP contribution >= 0.6 is 0 Å². The maximum absolute atomic E-state index is 4.44. The van der Waals surface area contributed by atoms with Gasteiger partial charge in [0, 0.05) is 71.1 Å². The first kappa shape index (κ1) is 17.2. The van der Waals surface area contributed by atoms with Crippen LogP contribution < -0.4 is 10.2 Å². The number of hydrogen-bond acceptors (Lipinski definition) is 5. The zero-order valence-corrected chi connectivity index (χ0v) is 14.9. The van der Waals surface area contributed by atoms with Crippen molar-refractivity contribution in [3.63, 3.8) is 0 Å². The first-order valence-electron chi connectivity index (χ1n) is 8.71. The number of nitrogens with zero attached hydrogens (tertiary/aromatic N) is 7. The molecular formula is C17H26N8. The largest absolute Gasteiger partial charge is 0.356 e. The summed E-state index contributed by atoms with van der Waals surface area (Å²) in [6.07, 6.45) is 7.39. The lowest BCUT2D eigenvalue weighted by molar-refractivity contribution is 0.362. The second-order valence-electron chi connectivity index (χ2n) is 6.28. The van der Waals surface area contributed by atoms with Gasteiger partial charge in [-0.15, -0.1) is 0 Å². The van der Waals surface area contributed by atoms with Gasteiger partial charge in [-0.05, 0) is 18.1 Å². The number of aliphatic imine (C=N–C) groups is 1. The SMILES string of the molecule is CN=C(NCC(C)Cn1cccn1)N1CCN(c2ncccn2)CC1. The van der Waals surface area contributed by atoms with Crippen molar-refractivity contribution < 1.29 is 0 Å². The molecule has 0 saturated carbocycles. The Morgan fingerprint density at radius 1 is 1.16 bits per heavy atom. The third kappa shape index (κ3) is 4.68. The zero-order valence-electron chi connectivity index (χ0n) is 14.9. The minimum Gasteiger partial charge on any atom is -0.356 e. The molecule has 1 saturated heterocycles. The van der Waals surface area contributed by atoms with E-state index in [4.69, 9.17) is 0 Å². The molecule has 0 aromatic carbocycles. The van der Waals surface area contributed by atoms with Crippen LogP contribution in [0.3, 0.4) is 0 Å². The predicted molar refractivity (Wildman–Crippen MR) is 98.6 cm³/mol. The Morgan fingerprint density at radius 2 is 1.92 bits per heavy atom. The molecule has 3 heterocycles. The standard InChI is InChI=1S/C17H26N8/c1-15(14-25-8-4-7-22-25)13-21-16(18-2)23-9-11-24(12-10-23)17-19-5-3-6-20-17/h3-8,15H,9-14H2,1-2H3,(H,18,21). The lowest BCUT2D eigenvalue weighted by atomic mass is 10.2. The molecule has 1 aliphatic heterocycles. The van der Waals surface area contributed by atoms with Crippen molar-refractivity contribution >= 4 is 11.9 Å². The average Bonchev–Trinajstić information content (AvgIpc) is 3.16. The van der Waals surface area contributed by atoms with Crippen LogP contribution in [0.25, 0.3) is 0 Å². The molecule has 1 atom stereocenters. The molecule has 0 aliphatic carbocycles. The fourth-order valence-electron chi connectivity index (χ4n) is 2.96. The van der Waals surface area contributed by atoms with Gasteiger partial charge >= 0.3 is 0 Å². The van der Waals surface area contributed by atoms with Crippen molar-refractivity contribution in [2.45, 2.75) is 13.5 Å². The zero-order chi connectivity index (χ0) is 17.5. The third-order valence-electron chi connectivity index (χ3n) is 4.29. The van der Waals surface area contributed by atoms with Gasteiger partial charge in [-0.2, -0.15) is 5.10 Å². The number of aromatic nitrogens is 4. The summed E-state index contributed by atoms with van der Waals surface area (Å²) >= 11 is 0. The molecule has 8 nitrogen and oxygen atoms in total. The van der Waals surface area contributed by atoms with Gasteiger partial charge in [-0.25, -0.2) is 9.97 Å². The van der Waals surface area contributed by atoms with Crippen LogP contribution in [-0.2, 0) is 6.54 Å². The van der Waals surface area contributed by atoms with Crippen LogP contribution in [0.4, 0.5) is 5.95 Å². The van der Waals surface area contributed by atoms with E-state index in [0.29, 0.717) is 5.92 Å². The highest BCUT2D eigenvalue weighted by Crippen LogP contribution is 2.10. The fourth-order valence-corrected chi connectivity index (χ4v) is 2.96. The molecule has 3 rings (SSSR count). The molecule has 0 spiro atoms. The highest BCUT2D eigenvalue weighted by molar-refractivity contribution is 5.80. The topological polar surface area (TPSA) is 74.5 Å². The molecule has 1 N–H and O–H groups in total. The summed E-state index contributed by atoms with van der Waals surface area (Å²) < 4.78 is 1.97. The molecule has 0 radical (unpaired) electrons. The Balaban J connectivity index is 1.46. The second kappa shape index (κ2) is 8.46. The number of nitrogens with one attached hydrogen (secondary N) is 1. The van der Waals surface area contributed by atoms with Gasteiger partial charge in [-0.3, -0.25) is 9.67 Å². The Hall–Kier alpha value is -2.64. The molecule has 1 aliphatic rings. The normalized spacial score (nSPS) is 16.8. The van der Waals surface area contributed by atoms with E-state index in [0.717, 1.165) is 51.2 Å². The molecule has 134 valence electrons. The lowest BCUT2D eigenvalue weighted by Gasteiger charge is -2.36. The summed E-state index contributed by atoms with van der Waals surface area (Å²) in [7, 11) is 1.84. The average molecular weight is 342 g/mol. The molecule has 2 aromatic heterocycles. The molecule has 2 aromatic rings. The lowest BCUT2D eigenvalue weighted by Crippen LogP contribution is -2.53. The van der Waals surface area contributed by atoms with Crippen LogP contribution in [0.2, 0.25) is 0 Å². The predicted octanol–water partition coefficient (Wildman–Crippen LogP) is 0.707. The van der Waals surface area contributed by atoms with Gasteiger partial charge in [0.1, 0.15) is 0 Å². The van der Waals surface area contributed by atoms with Crippen molar-refractivity contribution in [1.29, 1.82) is 0 Å². The second-order valence-corrected chi connectivity index (χ2v) is 6.28. The Morgan fingerprint density at radius 3 is 2.56 bits per heavy atom. The van der Waals surface area contributed by atoms with E-state index in [1.54, 1.807) is 12.4 Å². The highest BCUT2D eigenvalue weighted by atomic mass is 15.4. The van der Waals surface area contributed by atoms with Crippen molar-refractivity contribution in [3.8, 4) is 0 Å². The van der Waals surface area contributed by atoms with Gasteiger partial charge in [0.15, 0.2) is 5.96 Å². The quantitative estimate of drug-likeness (QED) is 0.637. The smallest absolute Gasteiger partial charge is 0.225 e. The number of hydrogen-bond donors (Lipinski definition) is 1. The number of rotatable bonds is 5.